The summed E-state index contributed by atoms with van der Waals surface area (Å²) in [6.45, 7) is 2.86. The van der Waals surface area contributed by atoms with Crippen LogP contribution in [-0.2, 0) is 18.4 Å². The maximum absolute atomic E-state index is 11.9. The summed E-state index contributed by atoms with van der Waals surface area (Å²) in [5, 5.41) is 14.2. The van der Waals surface area contributed by atoms with Crippen molar-refractivity contribution in [3.05, 3.63) is 47.3 Å². The molecule has 6 nitrogen and oxygen atoms in total. The van der Waals surface area contributed by atoms with E-state index in [-0.39, 0.29) is 18.0 Å². The number of anilines is 1. The SMILES string of the molecule is CNc1ccc(C)cc1CN[C@@H]1CCC(=O)N[C@H]1c1ccnn1C. The standard InChI is InChI=1S/C18H25N5O/c1-12-4-5-14(19-2)13(10-12)11-20-15-6-7-17(24)22-18(15)16-8-9-21-23(16)3/h4-5,8-10,15,18-20H,6-7,11H2,1-3H3,(H,22,24)/t15-,18-/m1/s1. The van der Waals surface area contributed by atoms with E-state index in [2.05, 4.69) is 46.2 Å². The molecule has 0 radical (unpaired) electrons. The summed E-state index contributed by atoms with van der Waals surface area (Å²) in [4.78, 5) is 11.9. The molecule has 2 aromatic rings. The van der Waals surface area contributed by atoms with Crippen molar-refractivity contribution in [3.8, 4) is 0 Å². The average molecular weight is 327 g/mol. The van der Waals surface area contributed by atoms with Crippen LogP contribution in [0.5, 0.6) is 0 Å². The fraction of sp³-hybridized carbons (Fsp3) is 0.444. The van der Waals surface area contributed by atoms with E-state index in [9.17, 15) is 4.79 Å². The van der Waals surface area contributed by atoms with Crippen molar-refractivity contribution in [2.45, 2.75) is 38.4 Å². The molecular formula is C18H25N5O. The average Bonchev–Trinajstić information content (AvgIpc) is 2.99. The molecule has 1 aromatic carbocycles. The fourth-order valence-electron chi connectivity index (χ4n) is 3.34. The van der Waals surface area contributed by atoms with Gasteiger partial charge in [0.25, 0.3) is 0 Å². The van der Waals surface area contributed by atoms with Crippen LogP contribution in [0.25, 0.3) is 0 Å². The van der Waals surface area contributed by atoms with Gasteiger partial charge in [-0.15, -0.1) is 0 Å². The lowest BCUT2D eigenvalue weighted by Gasteiger charge is -2.33. The number of hydrogen-bond donors (Lipinski definition) is 3. The number of amides is 1. The number of hydrogen-bond acceptors (Lipinski definition) is 4. The topological polar surface area (TPSA) is 71.0 Å². The highest BCUT2D eigenvalue weighted by molar-refractivity contribution is 5.77. The molecule has 1 aliphatic rings. The summed E-state index contributed by atoms with van der Waals surface area (Å²) >= 11 is 0. The highest BCUT2D eigenvalue weighted by Crippen LogP contribution is 2.25. The van der Waals surface area contributed by atoms with Crippen LogP contribution in [-0.4, -0.2) is 28.8 Å². The Morgan fingerprint density at radius 3 is 2.92 bits per heavy atom. The first-order valence-corrected chi connectivity index (χ1v) is 8.36. The van der Waals surface area contributed by atoms with Gasteiger partial charge in [0.2, 0.25) is 5.91 Å². The van der Waals surface area contributed by atoms with E-state index in [1.165, 1.54) is 11.1 Å². The Kier molecular flexibility index (Phi) is 4.85. The lowest BCUT2D eigenvalue weighted by atomic mass is 9.94. The zero-order valence-corrected chi connectivity index (χ0v) is 14.5. The quantitative estimate of drug-likeness (QED) is 0.784. The van der Waals surface area contributed by atoms with Gasteiger partial charge in [-0.25, -0.2) is 0 Å². The summed E-state index contributed by atoms with van der Waals surface area (Å²) in [5.41, 5.74) is 4.63. The molecule has 3 N–H and O–H groups in total. The van der Waals surface area contributed by atoms with Gasteiger partial charge in [-0.2, -0.15) is 5.10 Å². The number of rotatable bonds is 5. The Morgan fingerprint density at radius 1 is 1.38 bits per heavy atom. The summed E-state index contributed by atoms with van der Waals surface area (Å²) in [6.07, 6.45) is 3.15. The van der Waals surface area contributed by atoms with Crippen LogP contribution in [0.3, 0.4) is 0 Å². The summed E-state index contributed by atoms with van der Waals surface area (Å²) in [6, 6.07) is 8.50. The van der Waals surface area contributed by atoms with Crippen LogP contribution >= 0.6 is 0 Å². The van der Waals surface area contributed by atoms with Gasteiger partial charge in [-0.1, -0.05) is 17.7 Å². The molecule has 0 aliphatic carbocycles. The van der Waals surface area contributed by atoms with Crippen molar-refractivity contribution in [2.75, 3.05) is 12.4 Å². The van der Waals surface area contributed by atoms with Gasteiger partial charge in [0.05, 0.1) is 11.7 Å². The molecule has 1 amide bonds. The normalized spacial score (nSPS) is 20.7. The van der Waals surface area contributed by atoms with E-state index >= 15 is 0 Å². The monoisotopic (exact) mass is 327 g/mol. The third-order valence-corrected chi connectivity index (χ3v) is 4.66. The first-order valence-electron chi connectivity index (χ1n) is 8.36. The molecular weight excluding hydrogens is 302 g/mol. The minimum Gasteiger partial charge on any atom is -0.388 e. The Bertz CT molecular complexity index is 724. The minimum absolute atomic E-state index is 0.0541. The molecule has 2 atom stereocenters. The second kappa shape index (κ2) is 7.05. The number of aryl methyl sites for hydroxylation is 2. The van der Waals surface area contributed by atoms with E-state index in [0.29, 0.717) is 6.42 Å². The molecule has 1 aliphatic heterocycles. The molecule has 6 heteroatoms. The first kappa shape index (κ1) is 16.5. The Morgan fingerprint density at radius 2 is 2.21 bits per heavy atom. The van der Waals surface area contributed by atoms with Crippen LogP contribution in [0.15, 0.2) is 30.5 Å². The van der Waals surface area contributed by atoms with Gasteiger partial charge < -0.3 is 16.0 Å². The summed E-state index contributed by atoms with van der Waals surface area (Å²) < 4.78 is 1.83. The van der Waals surface area contributed by atoms with Gasteiger partial charge in [-0.3, -0.25) is 9.48 Å². The molecule has 128 valence electrons. The van der Waals surface area contributed by atoms with Gasteiger partial charge in [-0.05, 0) is 31.0 Å². The highest BCUT2D eigenvalue weighted by Gasteiger charge is 2.31. The van der Waals surface area contributed by atoms with E-state index in [0.717, 1.165) is 24.3 Å². The molecule has 0 spiro atoms. The van der Waals surface area contributed by atoms with E-state index < -0.39 is 0 Å². The number of nitrogens with one attached hydrogen (secondary N) is 3. The molecule has 24 heavy (non-hydrogen) atoms. The highest BCUT2D eigenvalue weighted by atomic mass is 16.1. The van der Waals surface area contributed by atoms with Crippen molar-refractivity contribution < 1.29 is 4.79 Å². The van der Waals surface area contributed by atoms with Crippen molar-refractivity contribution in [1.29, 1.82) is 0 Å². The van der Waals surface area contributed by atoms with E-state index in [4.69, 9.17) is 0 Å². The molecule has 1 fully saturated rings. The Balaban J connectivity index is 1.76. The number of benzene rings is 1. The van der Waals surface area contributed by atoms with Crippen LogP contribution in [0.1, 0.15) is 35.7 Å². The number of carbonyl (C=O) groups excluding carboxylic acids is 1. The summed E-state index contributed by atoms with van der Waals surface area (Å²) in [5.74, 6) is 0.103. The second-order valence-corrected chi connectivity index (χ2v) is 6.36. The van der Waals surface area contributed by atoms with Crippen molar-refractivity contribution in [1.82, 2.24) is 20.4 Å². The molecule has 0 saturated carbocycles. The first-order chi connectivity index (χ1) is 11.6. The van der Waals surface area contributed by atoms with Crippen LogP contribution in [0, 0.1) is 6.92 Å². The largest absolute Gasteiger partial charge is 0.388 e. The van der Waals surface area contributed by atoms with Gasteiger partial charge in [0, 0.05) is 45.0 Å². The predicted molar refractivity (Wildman–Crippen MR) is 94.7 cm³/mol. The third-order valence-electron chi connectivity index (χ3n) is 4.66. The van der Waals surface area contributed by atoms with Crippen molar-refractivity contribution in [2.24, 2.45) is 7.05 Å². The van der Waals surface area contributed by atoms with Crippen LogP contribution in [0.4, 0.5) is 5.69 Å². The van der Waals surface area contributed by atoms with Crippen molar-refractivity contribution >= 4 is 11.6 Å². The Hall–Kier alpha value is -2.34. The fourth-order valence-corrected chi connectivity index (χ4v) is 3.34. The molecule has 0 bridgehead atoms. The van der Waals surface area contributed by atoms with Gasteiger partial charge >= 0.3 is 0 Å². The maximum atomic E-state index is 11.9. The number of carbonyl (C=O) groups is 1. The van der Waals surface area contributed by atoms with Crippen LogP contribution in [0.2, 0.25) is 0 Å². The van der Waals surface area contributed by atoms with Crippen LogP contribution < -0.4 is 16.0 Å². The predicted octanol–water partition coefficient (Wildman–Crippen LogP) is 1.88. The van der Waals surface area contributed by atoms with E-state index in [1.807, 2.05) is 24.8 Å². The lowest BCUT2D eigenvalue weighted by Crippen LogP contribution is -2.48. The van der Waals surface area contributed by atoms with E-state index in [1.54, 1.807) is 6.20 Å². The molecule has 3 rings (SSSR count). The third kappa shape index (κ3) is 3.43. The van der Waals surface area contributed by atoms with Gasteiger partial charge in [0.15, 0.2) is 0 Å². The lowest BCUT2D eigenvalue weighted by molar-refractivity contribution is -0.124. The molecule has 1 saturated heterocycles. The maximum Gasteiger partial charge on any atom is 0.220 e. The molecule has 0 unspecified atom stereocenters. The minimum atomic E-state index is -0.0541. The number of nitrogens with zero attached hydrogens (tertiary/aromatic N) is 2. The number of aromatic nitrogens is 2. The molecule has 1 aromatic heterocycles. The zero-order valence-electron chi connectivity index (χ0n) is 14.5. The van der Waals surface area contributed by atoms with Crippen molar-refractivity contribution in [3.63, 3.8) is 0 Å². The number of piperidine rings is 1. The zero-order chi connectivity index (χ0) is 17.1. The second-order valence-electron chi connectivity index (χ2n) is 6.36. The smallest absolute Gasteiger partial charge is 0.220 e. The summed E-state index contributed by atoms with van der Waals surface area (Å²) in [7, 11) is 3.85. The Labute approximate surface area is 142 Å². The molecule has 2 heterocycles. The van der Waals surface area contributed by atoms with Gasteiger partial charge in [0.1, 0.15) is 0 Å².